The fourth-order valence-electron chi connectivity index (χ4n) is 2.85. The molecule has 1 saturated heterocycles. The Morgan fingerprint density at radius 1 is 1.33 bits per heavy atom. The summed E-state index contributed by atoms with van der Waals surface area (Å²) >= 11 is 0. The van der Waals surface area contributed by atoms with E-state index in [1.54, 1.807) is 0 Å². The molecule has 0 aromatic heterocycles. The number of β-amino-alcohol motifs (C(OH)–C–C–N with tert-alkyl or cyclic N) is 1. The average Bonchev–Trinajstić information content (AvgIpc) is 3.11. The number of nitrogens with zero attached hydrogens (tertiary/aromatic N) is 1. The predicted molar refractivity (Wildman–Crippen MR) is 72.6 cm³/mol. The zero-order valence-electron chi connectivity index (χ0n) is 11.0. The minimum atomic E-state index is -0.511. The molecule has 3 rings (SSSR count). The van der Waals surface area contributed by atoms with Crippen LogP contribution in [0.2, 0.25) is 0 Å². The molecule has 2 N–H and O–H groups in total. The number of hydrogen-bond donors (Lipinski definition) is 2. The molecule has 0 spiro atoms. The summed E-state index contributed by atoms with van der Waals surface area (Å²) < 4.78 is 0. The van der Waals surface area contributed by atoms with E-state index in [1.165, 1.54) is 24.0 Å². The van der Waals surface area contributed by atoms with Gasteiger partial charge in [0.1, 0.15) is 5.60 Å². The molecule has 3 nitrogen and oxygen atoms in total. The molecule has 1 aliphatic carbocycles. The number of nitrogens with one attached hydrogen (secondary N) is 1. The van der Waals surface area contributed by atoms with Gasteiger partial charge in [0.25, 0.3) is 0 Å². The Labute approximate surface area is 109 Å². The Balaban J connectivity index is 1.64. The zero-order chi connectivity index (χ0) is 12.6. The fraction of sp³-hybridized carbons (Fsp3) is 0.600. The van der Waals surface area contributed by atoms with Gasteiger partial charge in [0.2, 0.25) is 0 Å². The van der Waals surface area contributed by atoms with Gasteiger partial charge in [0, 0.05) is 26.2 Å². The molecule has 1 saturated carbocycles. The summed E-state index contributed by atoms with van der Waals surface area (Å²) in [6, 6.07) is 8.75. The van der Waals surface area contributed by atoms with Crippen LogP contribution in [0, 0.1) is 0 Å². The molecule has 1 aromatic rings. The maximum absolute atomic E-state index is 10.1. The average molecular weight is 246 g/mol. The smallest absolute Gasteiger partial charge is 0.102 e. The lowest BCUT2D eigenvalue weighted by Crippen LogP contribution is -2.64. The lowest BCUT2D eigenvalue weighted by Gasteiger charge is -2.40. The molecule has 0 unspecified atom stereocenters. The van der Waals surface area contributed by atoms with E-state index in [4.69, 9.17) is 0 Å². The van der Waals surface area contributed by atoms with Gasteiger partial charge in [-0.25, -0.2) is 0 Å². The summed E-state index contributed by atoms with van der Waals surface area (Å²) in [6.45, 7) is 3.14. The topological polar surface area (TPSA) is 35.5 Å². The summed E-state index contributed by atoms with van der Waals surface area (Å²) in [5.41, 5.74) is 2.44. The maximum Gasteiger partial charge on any atom is 0.102 e. The maximum atomic E-state index is 10.1. The number of hydrogen-bond acceptors (Lipinski definition) is 3. The molecule has 0 atom stereocenters. The SMILES string of the molecule is CN(Cc1ccccc1C1CC1)CC1(O)CNC1. The molecule has 1 aromatic carbocycles. The third-order valence-corrected chi connectivity index (χ3v) is 3.98. The van der Waals surface area contributed by atoms with Crippen LogP contribution in [0.3, 0.4) is 0 Å². The molecule has 3 heteroatoms. The van der Waals surface area contributed by atoms with Crippen LogP contribution in [0.1, 0.15) is 29.9 Å². The summed E-state index contributed by atoms with van der Waals surface area (Å²) in [5.74, 6) is 0.794. The molecule has 2 aliphatic rings. The molecular formula is C15H22N2O. The molecule has 18 heavy (non-hydrogen) atoms. The van der Waals surface area contributed by atoms with Gasteiger partial charge in [-0.15, -0.1) is 0 Å². The van der Waals surface area contributed by atoms with E-state index < -0.39 is 5.60 Å². The quantitative estimate of drug-likeness (QED) is 0.823. The largest absolute Gasteiger partial charge is 0.386 e. The molecule has 2 fully saturated rings. The van der Waals surface area contributed by atoms with Crippen LogP contribution in [0.15, 0.2) is 24.3 Å². The van der Waals surface area contributed by atoms with Gasteiger partial charge < -0.3 is 10.4 Å². The molecule has 1 aliphatic heterocycles. The van der Waals surface area contributed by atoms with Gasteiger partial charge in [-0.1, -0.05) is 24.3 Å². The van der Waals surface area contributed by atoms with E-state index in [0.717, 1.165) is 32.1 Å². The van der Waals surface area contributed by atoms with Gasteiger partial charge in [0.05, 0.1) is 0 Å². The fourth-order valence-corrected chi connectivity index (χ4v) is 2.85. The lowest BCUT2D eigenvalue weighted by atomic mass is 9.96. The Kier molecular flexibility index (Phi) is 3.14. The first-order valence-corrected chi connectivity index (χ1v) is 6.86. The Bertz CT molecular complexity index is 424. The van der Waals surface area contributed by atoms with Crippen LogP contribution in [-0.4, -0.2) is 42.3 Å². The predicted octanol–water partition coefficient (Wildman–Crippen LogP) is 1.33. The highest BCUT2D eigenvalue weighted by atomic mass is 16.3. The molecule has 0 radical (unpaired) electrons. The minimum absolute atomic E-state index is 0.511. The van der Waals surface area contributed by atoms with Gasteiger partial charge in [-0.3, -0.25) is 4.90 Å². The molecule has 98 valence electrons. The van der Waals surface area contributed by atoms with Crippen molar-refractivity contribution < 1.29 is 5.11 Å². The third-order valence-electron chi connectivity index (χ3n) is 3.98. The van der Waals surface area contributed by atoms with Crippen LogP contribution in [-0.2, 0) is 6.54 Å². The van der Waals surface area contributed by atoms with E-state index in [1.807, 2.05) is 0 Å². The summed E-state index contributed by atoms with van der Waals surface area (Å²) in [7, 11) is 2.10. The second-order valence-corrected chi connectivity index (χ2v) is 5.97. The first-order valence-electron chi connectivity index (χ1n) is 6.86. The van der Waals surface area contributed by atoms with Crippen molar-refractivity contribution >= 4 is 0 Å². The van der Waals surface area contributed by atoms with Crippen LogP contribution >= 0.6 is 0 Å². The number of aliphatic hydroxyl groups is 1. The van der Waals surface area contributed by atoms with Gasteiger partial charge in [-0.2, -0.15) is 0 Å². The highest BCUT2D eigenvalue weighted by Crippen LogP contribution is 2.41. The zero-order valence-corrected chi connectivity index (χ0v) is 11.0. The second-order valence-electron chi connectivity index (χ2n) is 5.97. The Hall–Kier alpha value is -0.900. The third kappa shape index (κ3) is 2.58. The van der Waals surface area contributed by atoms with Gasteiger partial charge >= 0.3 is 0 Å². The van der Waals surface area contributed by atoms with E-state index >= 15 is 0 Å². The van der Waals surface area contributed by atoms with E-state index in [0.29, 0.717) is 0 Å². The van der Waals surface area contributed by atoms with E-state index in [9.17, 15) is 5.11 Å². The van der Waals surface area contributed by atoms with E-state index in [-0.39, 0.29) is 0 Å². The summed E-state index contributed by atoms with van der Waals surface area (Å²) in [4.78, 5) is 2.24. The Morgan fingerprint density at radius 2 is 2.06 bits per heavy atom. The normalized spacial score (nSPS) is 21.9. The van der Waals surface area contributed by atoms with Crippen molar-refractivity contribution in [1.29, 1.82) is 0 Å². The highest BCUT2D eigenvalue weighted by molar-refractivity contribution is 5.33. The summed E-state index contributed by atoms with van der Waals surface area (Å²) in [6.07, 6.45) is 2.68. The monoisotopic (exact) mass is 246 g/mol. The van der Waals surface area contributed by atoms with Crippen molar-refractivity contribution in [2.45, 2.75) is 30.9 Å². The van der Waals surface area contributed by atoms with Crippen LogP contribution in [0.25, 0.3) is 0 Å². The van der Waals surface area contributed by atoms with Crippen LogP contribution < -0.4 is 5.32 Å². The molecule has 0 bridgehead atoms. The first kappa shape index (κ1) is 12.2. The van der Waals surface area contributed by atoms with Crippen molar-refractivity contribution in [3.8, 4) is 0 Å². The van der Waals surface area contributed by atoms with Crippen molar-refractivity contribution in [2.24, 2.45) is 0 Å². The van der Waals surface area contributed by atoms with Crippen molar-refractivity contribution in [3.05, 3.63) is 35.4 Å². The van der Waals surface area contributed by atoms with Gasteiger partial charge in [-0.05, 0) is 36.9 Å². The standard InChI is InChI=1S/C15H22N2O/c1-17(11-15(18)9-16-10-15)8-13-4-2-3-5-14(13)12-6-7-12/h2-5,12,16,18H,6-11H2,1H3. The molecule has 1 heterocycles. The number of benzene rings is 1. The van der Waals surface area contributed by atoms with Crippen LogP contribution in [0.4, 0.5) is 0 Å². The van der Waals surface area contributed by atoms with Crippen LogP contribution in [0.5, 0.6) is 0 Å². The molecular weight excluding hydrogens is 224 g/mol. The summed E-state index contributed by atoms with van der Waals surface area (Å²) in [5, 5.41) is 13.3. The van der Waals surface area contributed by atoms with Crippen molar-refractivity contribution in [1.82, 2.24) is 10.2 Å². The van der Waals surface area contributed by atoms with E-state index in [2.05, 4.69) is 41.5 Å². The first-order chi connectivity index (χ1) is 8.66. The highest BCUT2D eigenvalue weighted by Gasteiger charge is 2.35. The number of rotatable bonds is 5. The van der Waals surface area contributed by atoms with Gasteiger partial charge in [0.15, 0.2) is 0 Å². The second kappa shape index (κ2) is 4.65. The van der Waals surface area contributed by atoms with Crippen molar-refractivity contribution in [2.75, 3.05) is 26.7 Å². The minimum Gasteiger partial charge on any atom is -0.386 e. The lowest BCUT2D eigenvalue weighted by molar-refractivity contribution is -0.0344. The molecule has 0 amide bonds. The Morgan fingerprint density at radius 3 is 2.67 bits per heavy atom. The number of likely N-dealkylation sites (N-methyl/N-ethyl adjacent to an activating group) is 1. The van der Waals surface area contributed by atoms with Crippen molar-refractivity contribution in [3.63, 3.8) is 0 Å².